The fourth-order valence-corrected chi connectivity index (χ4v) is 2.45. The number of carbonyl (C=O) groups excluding carboxylic acids is 2. The molecule has 2 aromatic rings. The van der Waals surface area contributed by atoms with Gasteiger partial charge < -0.3 is 19.9 Å². The van der Waals surface area contributed by atoms with E-state index >= 15 is 0 Å². The third kappa shape index (κ3) is 4.14. The van der Waals surface area contributed by atoms with E-state index in [1.54, 1.807) is 25.1 Å². The van der Waals surface area contributed by atoms with Gasteiger partial charge in [0, 0.05) is 24.9 Å². The Hall–Kier alpha value is -2.90. The molecule has 1 aliphatic rings. The number of aromatic nitrogens is 2. The predicted molar refractivity (Wildman–Crippen MR) is 90.4 cm³/mol. The van der Waals surface area contributed by atoms with E-state index in [9.17, 15) is 9.59 Å². The highest BCUT2D eigenvalue weighted by atomic mass is 16.5. The van der Waals surface area contributed by atoms with E-state index in [-0.39, 0.29) is 18.2 Å². The van der Waals surface area contributed by atoms with E-state index < -0.39 is 6.10 Å². The lowest BCUT2D eigenvalue weighted by molar-refractivity contribution is -0.122. The zero-order valence-corrected chi connectivity index (χ0v) is 14.2. The third-order valence-corrected chi connectivity index (χ3v) is 3.74. The predicted octanol–water partition coefficient (Wildman–Crippen LogP) is 2.31. The van der Waals surface area contributed by atoms with Crippen LogP contribution >= 0.6 is 0 Å². The van der Waals surface area contributed by atoms with Crippen molar-refractivity contribution >= 4 is 23.2 Å². The molecule has 1 aromatic heterocycles. The summed E-state index contributed by atoms with van der Waals surface area (Å²) in [5, 5.41) is 9.39. The second kappa shape index (κ2) is 7.33. The van der Waals surface area contributed by atoms with Crippen LogP contribution in [0.15, 0.2) is 22.7 Å². The van der Waals surface area contributed by atoms with E-state index in [4.69, 9.17) is 9.26 Å². The number of aryl methyl sites for hydroxylation is 2. The van der Waals surface area contributed by atoms with E-state index in [1.165, 1.54) is 0 Å². The molecular weight excluding hydrogens is 324 g/mol. The monoisotopic (exact) mass is 344 g/mol. The topological polar surface area (TPSA) is 106 Å². The number of fused-ring (bicyclic) bond motifs is 1. The Bertz CT molecular complexity index is 787. The van der Waals surface area contributed by atoms with Gasteiger partial charge >= 0.3 is 0 Å². The van der Waals surface area contributed by atoms with E-state index in [2.05, 4.69) is 20.8 Å². The van der Waals surface area contributed by atoms with Crippen LogP contribution in [0.5, 0.6) is 5.75 Å². The summed E-state index contributed by atoms with van der Waals surface area (Å²) in [7, 11) is 0. The number of nitrogens with one attached hydrogen (secondary N) is 2. The second-order valence-electron chi connectivity index (χ2n) is 5.86. The van der Waals surface area contributed by atoms with Gasteiger partial charge in [0.05, 0.1) is 5.69 Å². The van der Waals surface area contributed by atoms with Crippen molar-refractivity contribution in [1.82, 2.24) is 10.1 Å². The number of hydrogen-bond donors (Lipinski definition) is 2. The average Bonchev–Trinajstić information content (AvgIpc) is 3.02. The molecule has 1 atom stereocenters. The van der Waals surface area contributed by atoms with Crippen LogP contribution in [0.3, 0.4) is 0 Å². The van der Waals surface area contributed by atoms with Gasteiger partial charge in [-0.25, -0.2) is 0 Å². The summed E-state index contributed by atoms with van der Waals surface area (Å²) in [6.07, 6.45) is 1.78. The van der Waals surface area contributed by atoms with E-state index in [0.29, 0.717) is 35.3 Å². The standard InChI is InChI=1S/C17H20N4O4/c1-3-4-14-20-16(25-21-14)8-7-15(22)18-11-5-6-13-12(9-11)19-17(23)10(2)24-13/h5-6,9-10H,3-4,7-8H2,1-2H3,(H,18,22)(H,19,23)/t10-/m1/s1. The van der Waals surface area contributed by atoms with Crippen molar-refractivity contribution in [1.29, 1.82) is 0 Å². The van der Waals surface area contributed by atoms with Gasteiger partial charge in [0.1, 0.15) is 5.75 Å². The smallest absolute Gasteiger partial charge is 0.265 e. The number of nitrogens with zero attached hydrogens (tertiary/aromatic N) is 2. The van der Waals surface area contributed by atoms with Crippen molar-refractivity contribution in [2.75, 3.05) is 10.6 Å². The summed E-state index contributed by atoms with van der Waals surface area (Å²) in [5.41, 5.74) is 1.13. The quantitative estimate of drug-likeness (QED) is 0.833. The number of rotatable bonds is 6. The molecule has 2 heterocycles. The maximum Gasteiger partial charge on any atom is 0.265 e. The summed E-state index contributed by atoms with van der Waals surface area (Å²) in [5.74, 6) is 1.32. The van der Waals surface area contributed by atoms with Crippen LogP contribution in [-0.2, 0) is 22.4 Å². The van der Waals surface area contributed by atoms with Gasteiger partial charge in [-0.05, 0) is 31.5 Å². The Morgan fingerprint density at radius 3 is 3.00 bits per heavy atom. The van der Waals surface area contributed by atoms with Crippen molar-refractivity contribution in [2.24, 2.45) is 0 Å². The first kappa shape index (κ1) is 16.9. The molecule has 8 heteroatoms. The molecule has 0 fully saturated rings. The van der Waals surface area contributed by atoms with Crippen LogP contribution in [0.1, 0.15) is 38.4 Å². The average molecular weight is 344 g/mol. The molecule has 2 amide bonds. The highest BCUT2D eigenvalue weighted by molar-refractivity contribution is 5.99. The van der Waals surface area contributed by atoms with Crippen molar-refractivity contribution in [2.45, 2.75) is 45.6 Å². The maximum absolute atomic E-state index is 12.1. The molecule has 0 saturated heterocycles. The largest absolute Gasteiger partial charge is 0.479 e. The molecule has 0 saturated carbocycles. The Balaban J connectivity index is 1.56. The number of amides is 2. The van der Waals surface area contributed by atoms with Crippen LogP contribution < -0.4 is 15.4 Å². The summed E-state index contributed by atoms with van der Waals surface area (Å²) >= 11 is 0. The van der Waals surface area contributed by atoms with Crippen molar-refractivity contribution in [3.05, 3.63) is 29.9 Å². The highest BCUT2D eigenvalue weighted by Gasteiger charge is 2.23. The molecule has 132 valence electrons. The van der Waals surface area contributed by atoms with Crippen molar-refractivity contribution in [3.8, 4) is 5.75 Å². The van der Waals surface area contributed by atoms with Crippen LogP contribution in [0.4, 0.5) is 11.4 Å². The van der Waals surface area contributed by atoms with Gasteiger partial charge in [0.15, 0.2) is 11.9 Å². The van der Waals surface area contributed by atoms with Crippen LogP contribution in [0, 0.1) is 0 Å². The SMILES string of the molecule is CCCc1noc(CCC(=O)Nc2ccc3c(c2)NC(=O)[C@@H](C)O3)n1. The highest BCUT2D eigenvalue weighted by Crippen LogP contribution is 2.32. The molecule has 0 unspecified atom stereocenters. The van der Waals surface area contributed by atoms with E-state index in [0.717, 1.165) is 12.8 Å². The molecular formula is C17H20N4O4. The first-order valence-electron chi connectivity index (χ1n) is 8.28. The lowest BCUT2D eigenvalue weighted by atomic mass is 10.2. The number of anilines is 2. The Kier molecular flexibility index (Phi) is 4.97. The summed E-state index contributed by atoms with van der Waals surface area (Å²) in [4.78, 5) is 28.0. The van der Waals surface area contributed by atoms with Gasteiger partial charge in [-0.2, -0.15) is 4.98 Å². The number of ether oxygens (including phenoxy) is 1. The molecule has 0 aliphatic carbocycles. The number of benzene rings is 1. The van der Waals surface area contributed by atoms with Crippen LogP contribution in [0.2, 0.25) is 0 Å². The first-order chi connectivity index (χ1) is 12.0. The molecule has 8 nitrogen and oxygen atoms in total. The molecule has 25 heavy (non-hydrogen) atoms. The van der Waals surface area contributed by atoms with E-state index in [1.807, 2.05) is 6.92 Å². The maximum atomic E-state index is 12.1. The van der Waals surface area contributed by atoms with Gasteiger partial charge in [-0.3, -0.25) is 9.59 Å². The minimum Gasteiger partial charge on any atom is -0.479 e. The molecule has 0 spiro atoms. The summed E-state index contributed by atoms with van der Waals surface area (Å²) < 4.78 is 10.6. The van der Waals surface area contributed by atoms with Crippen molar-refractivity contribution < 1.29 is 18.8 Å². The lowest BCUT2D eigenvalue weighted by Crippen LogP contribution is -2.34. The van der Waals surface area contributed by atoms with Gasteiger partial charge in [0.25, 0.3) is 5.91 Å². The Labute approximate surface area is 144 Å². The zero-order chi connectivity index (χ0) is 17.8. The Morgan fingerprint density at radius 1 is 1.36 bits per heavy atom. The third-order valence-electron chi connectivity index (χ3n) is 3.74. The van der Waals surface area contributed by atoms with Crippen molar-refractivity contribution in [3.63, 3.8) is 0 Å². The molecule has 0 radical (unpaired) electrons. The Morgan fingerprint density at radius 2 is 2.20 bits per heavy atom. The second-order valence-corrected chi connectivity index (χ2v) is 5.86. The zero-order valence-electron chi connectivity index (χ0n) is 14.2. The fraction of sp³-hybridized carbons (Fsp3) is 0.412. The minimum atomic E-state index is -0.528. The molecule has 3 rings (SSSR count). The first-order valence-corrected chi connectivity index (χ1v) is 8.28. The fourth-order valence-electron chi connectivity index (χ4n) is 2.45. The van der Waals surface area contributed by atoms with Gasteiger partial charge in [0.2, 0.25) is 11.8 Å². The molecule has 1 aliphatic heterocycles. The summed E-state index contributed by atoms with van der Waals surface area (Å²) in [6.45, 7) is 3.72. The molecule has 0 bridgehead atoms. The van der Waals surface area contributed by atoms with Gasteiger partial charge in [-0.15, -0.1) is 0 Å². The normalized spacial score (nSPS) is 15.9. The number of hydrogen-bond acceptors (Lipinski definition) is 6. The van der Waals surface area contributed by atoms with Gasteiger partial charge in [-0.1, -0.05) is 12.1 Å². The minimum absolute atomic E-state index is 0.174. The number of carbonyl (C=O) groups is 2. The summed E-state index contributed by atoms with van der Waals surface area (Å²) in [6, 6.07) is 5.12. The lowest BCUT2D eigenvalue weighted by Gasteiger charge is -2.23. The molecule has 1 aromatic carbocycles. The van der Waals surface area contributed by atoms with Crippen LogP contribution in [0.25, 0.3) is 0 Å². The van der Waals surface area contributed by atoms with Crippen LogP contribution in [-0.4, -0.2) is 28.1 Å². The molecule has 2 N–H and O–H groups in total.